The number of rotatable bonds is 2. The summed E-state index contributed by atoms with van der Waals surface area (Å²) in [7, 11) is 1.40. The van der Waals surface area contributed by atoms with Crippen LogP contribution in [0.2, 0.25) is 0 Å². The summed E-state index contributed by atoms with van der Waals surface area (Å²) in [5, 5.41) is 11.2. The van der Waals surface area contributed by atoms with Crippen LogP contribution in [0.15, 0.2) is 9.98 Å². The molecule has 0 unspecified atom stereocenters. The molecule has 1 aromatic heterocycles. The molecular weight excluding hydrogens is 306 g/mol. The van der Waals surface area contributed by atoms with Crippen LogP contribution in [0.25, 0.3) is 0 Å². The SMILES string of the molecule is COC(=O)[C@H]1CC[C@](O)(c2ncc(Br)s2)CC1. The zero-order chi connectivity index (χ0) is 12.5. The van der Waals surface area contributed by atoms with Crippen LogP contribution >= 0.6 is 27.3 Å². The molecule has 0 spiro atoms. The molecule has 6 heteroatoms. The Hall–Kier alpha value is -0.460. The highest BCUT2D eigenvalue weighted by molar-refractivity contribution is 9.11. The predicted molar refractivity (Wildman–Crippen MR) is 67.7 cm³/mol. The number of esters is 1. The molecule has 0 aliphatic heterocycles. The molecule has 0 bridgehead atoms. The fraction of sp³-hybridized carbons (Fsp3) is 0.636. The fourth-order valence-electron chi connectivity index (χ4n) is 2.18. The van der Waals surface area contributed by atoms with Gasteiger partial charge in [0.05, 0.1) is 23.0 Å². The number of carbonyl (C=O) groups is 1. The molecule has 1 aliphatic carbocycles. The van der Waals surface area contributed by atoms with Crippen LogP contribution in [-0.4, -0.2) is 23.2 Å². The zero-order valence-corrected chi connectivity index (χ0v) is 11.9. The molecule has 1 heterocycles. The summed E-state index contributed by atoms with van der Waals surface area (Å²) in [6.45, 7) is 0. The van der Waals surface area contributed by atoms with E-state index in [0.717, 1.165) is 8.79 Å². The van der Waals surface area contributed by atoms with Crippen LogP contribution in [0, 0.1) is 5.92 Å². The number of aliphatic hydroxyl groups is 1. The minimum atomic E-state index is -0.874. The molecule has 1 N–H and O–H groups in total. The molecule has 4 nitrogen and oxygen atoms in total. The number of thiazole rings is 1. The molecule has 1 aliphatic rings. The van der Waals surface area contributed by atoms with Crippen molar-refractivity contribution in [1.29, 1.82) is 0 Å². The van der Waals surface area contributed by atoms with Crippen LogP contribution in [0.4, 0.5) is 0 Å². The van der Waals surface area contributed by atoms with E-state index in [1.54, 1.807) is 6.20 Å². The van der Waals surface area contributed by atoms with Gasteiger partial charge in [0.1, 0.15) is 10.6 Å². The van der Waals surface area contributed by atoms with Gasteiger partial charge in [0.25, 0.3) is 0 Å². The van der Waals surface area contributed by atoms with Crippen molar-refractivity contribution < 1.29 is 14.6 Å². The van der Waals surface area contributed by atoms with Gasteiger partial charge in [0, 0.05) is 0 Å². The molecule has 1 aromatic rings. The Morgan fingerprint density at radius 1 is 1.65 bits per heavy atom. The highest BCUT2D eigenvalue weighted by Gasteiger charge is 2.39. The van der Waals surface area contributed by atoms with Crippen LogP contribution in [-0.2, 0) is 15.1 Å². The normalized spacial score (nSPS) is 29.0. The first-order valence-corrected chi connectivity index (χ1v) is 7.08. The summed E-state index contributed by atoms with van der Waals surface area (Å²) in [4.78, 5) is 15.6. The smallest absolute Gasteiger partial charge is 0.308 e. The number of ether oxygens (including phenoxy) is 1. The summed E-state index contributed by atoms with van der Waals surface area (Å²) in [6.07, 6.45) is 4.13. The zero-order valence-electron chi connectivity index (χ0n) is 9.48. The quantitative estimate of drug-likeness (QED) is 0.851. The molecule has 1 fully saturated rings. The van der Waals surface area contributed by atoms with E-state index in [9.17, 15) is 9.90 Å². The molecule has 1 saturated carbocycles. The molecule has 0 amide bonds. The molecule has 17 heavy (non-hydrogen) atoms. The van der Waals surface area contributed by atoms with Gasteiger partial charge in [-0.2, -0.15) is 0 Å². The van der Waals surface area contributed by atoms with Gasteiger partial charge in [-0.15, -0.1) is 11.3 Å². The third kappa shape index (κ3) is 2.69. The Balaban J connectivity index is 2.05. The predicted octanol–water partition coefficient (Wildman–Crippen LogP) is 2.46. The lowest BCUT2D eigenvalue weighted by Gasteiger charge is -2.33. The maximum atomic E-state index is 11.4. The molecule has 94 valence electrons. The van der Waals surface area contributed by atoms with Gasteiger partial charge in [0.15, 0.2) is 0 Å². The van der Waals surface area contributed by atoms with Crippen molar-refractivity contribution in [3.8, 4) is 0 Å². The number of nitrogens with zero attached hydrogens (tertiary/aromatic N) is 1. The van der Waals surface area contributed by atoms with Gasteiger partial charge >= 0.3 is 5.97 Å². The van der Waals surface area contributed by atoms with E-state index < -0.39 is 5.60 Å². The van der Waals surface area contributed by atoms with Crippen molar-refractivity contribution in [3.05, 3.63) is 15.0 Å². The fourth-order valence-corrected chi connectivity index (χ4v) is 3.53. The van der Waals surface area contributed by atoms with Gasteiger partial charge in [0.2, 0.25) is 0 Å². The average molecular weight is 320 g/mol. The molecule has 0 aromatic carbocycles. The maximum absolute atomic E-state index is 11.4. The first-order chi connectivity index (χ1) is 8.05. The van der Waals surface area contributed by atoms with Gasteiger partial charge in [-0.3, -0.25) is 4.79 Å². The third-order valence-electron chi connectivity index (χ3n) is 3.22. The number of halogens is 1. The molecule has 2 rings (SSSR count). The summed E-state index contributed by atoms with van der Waals surface area (Å²) in [6, 6.07) is 0. The van der Waals surface area contributed by atoms with E-state index >= 15 is 0 Å². The van der Waals surface area contributed by atoms with Crippen molar-refractivity contribution in [2.45, 2.75) is 31.3 Å². The van der Waals surface area contributed by atoms with E-state index in [1.807, 2.05) is 0 Å². The second kappa shape index (κ2) is 5.04. The number of methoxy groups -OCH3 is 1. The lowest BCUT2D eigenvalue weighted by atomic mass is 9.79. The molecule has 0 radical (unpaired) electrons. The third-order valence-corrected chi connectivity index (χ3v) is 4.89. The lowest BCUT2D eigenvalue weighted by molar-refractivity contribution is -0.148. The van der Waals surface area contributed by atoms with Crippen LogP contribution in [0.5, 0.6) is 0 Å². The van der Waals surface area contributed by atoms with Crippen molar-refractivity contribution in [2.24, 2.45) is 5.92 Å². The van der Waals surface area contributed by atoms with Crippen LogP contribution in [0.1, 0.15) is 30.7 Å². The summed E-state index contributed by atoms with van der Waals surface area (Å²) >= 11 is 4.79. The van der Waals surface area contributed by atoms with Crippen LogP contribution in [0.3, 0.4) is 0 Å². The minimum Gasteiger partial charge on any atom is -0.469 e. The van der Waals surface area contributed by atoms with E-state index in [-0.39, 0.29) is 11.9 Å². The lowest BCUT2D eigenvalue weighted by Crippen LogP contribution is -2.34. The Morgan fingerprint density at radius 2 is 2.29 bits per heavy atom. The van der Waals surface area contributed by atoms with E-state index in [1.165, 1.54) is 18.4 Å². The standard InChI is InChI=1S/C11H14BrNO3S/c1-16-9(14)7-2-4-11(15,5-3-7)10-13-6-8(12)17-10/h6-7,15H,2-5H2,1H3/t7-,11+. The van der Waals surface area contributed by atoms with Crippen molar-refractivity contribution in [3.63, 3.8) is 0 Å². The van der Waals surface area contributed by atoms with Gasteiger partial charge in [-0.25, -0.2) is 4.98 Å². The summed E-state index contributed by atoms with van der Waals surface area (Å²) in [5.74, 6) is -0.254. The summed E-state index contributed by atoms with van der Waals surface area (Å²) < 4.78 is 5.64. The molecular formula is C11H14BrNO3S. The molecule has 0 atom stereocenters. The van der Waals surface area contributed by atoms with Crippen molar-refractivity contribution >= 4 is 33.2 Å². The topological polar surface area (TPSA) is 59.4 Å². The second-order valence-electron chi connectivity index (χ2n) is 4.30. The van der Waals surface area contributed by atoms with Crippen LogP contribution < -0.4 is 0 Å². The Kier molecular flexibility index (Phi) is 3.85. The van der Waals surface area contributed by atoms with Crippen molar-refractivity contribution in [2.75, 3.05) is 7.11 Å². The Morgan fingerprint density at radius 3 is 2.76 bits per heavy atom. The number of aromatic nitrogens is 1. The first kappa shape index (κ1) is 13.0. The minimum absolute atomic E-state index is 0.0799. The van der Waals surface area contributed by atoms with E-state index in [0.29, 0.717) is 25.7 Å². The number of carbonyl (C=O) groups excluding carboxylic acids is 1. The molecule has 0 saturated heterocycles. The summed E-state index contributed by atoms with van der Waals surface area (Å²) in [5.41, 5.74) is -0.874. The Labute approximate surface area is 112 Å². The highest BCUT2D eigenvalue weighted by atomic mass is 79.9. The second-order valence-corrected chi connectivity index (χ2v) is 6.71. The monoisotopic (exact) mass is 319 g/mol. The largest absolute Gasteiger partial charge is 0.469 e. The van der Waals surface area contributed by atoms with Crippen molar-refractivity contribution in [1.82, 2.24) is 4.98 Å². The average Bonchev–Trinajstić information content (AvgIpc) is 2.77. The van der Waals surface area contributed by atoms with Gasteiger partial charge < -0.3 is 9.84 Å². The van der Waals surface area contributed by atoms with E-state index in [2.05, 4.69) is 20.9 Å². The van der Waals surface area contributed by atoms with E-state index in [4.69, 9.17) is 4.74 Å². The van der Waals surface area contributed by atoms with Gasteiger partial charge in [-0.1, -0.05) is 0 Å². The Bertz CT molecular complexity index is 413. The van der Waals surface area contributed by atoms with Gasteiger partial charge in [-0.05, 0) is 41.6 Å². The number of hydrogen-bond acceptors (Lipinski definition) is 5. The maximum Gasteiger partial charge on any atom is 0.308 e. The highest BCUT2D eigenvalue weighted by Crippen LogP contribution is 2.41. The first-order valence-electron chi connectivity index (χ1n) is 5.47. The number of hydrogen-bond donors (Lipinski definition) is 1.